The molecule has 17 heavy (non-hydrogen) atoms. The molecule has 2 fully saturated rings. The van der Waals surface area contributed by atoms with Gasteiger partial charge in [-0.25, -0.2) is 0 Å². The second-order valence-corrected chi connectivity index (χ2v) is 6.48. The quantitative estimate of drug-likeness (QED) is 0.843. The Balaban J connectivity index is 1.93. The second-order valence-electron chi connectivity index (χ2n) is 5.40. The fourth-order valence-corrected chi connectivity index (χ4v) is 3.77. The van der Waals surface area contributed by atoms with E-state index in [1.165, 1.54) is 18.6 Å². The first-order chi connectivity index (χ1) is 8.15. The average molecular weight is 256 g/mol. The first kappa shape index (κ1) is 13.2. The first-order valence-corrected chi connectivity index (χ1v) is 7.65. The Labute approximate surface area is 109 Å². The number of ether oxygens (including phenoxy) is 1. The van der Waals surface area contributed by atoms with Crippen LogP contribution in [-0.2, 0) is 4.74 Å². The van der Waals surface area contributed by atoms with Crippen LogP contribution in [0.4, 0.5) is 0 Å². The number of aliphatic imine (C=N–C) groups is 1. The predicted molar refractivity (Wildman–Crippen MR) is 74.8 cm³/mol. The smallest absolute Gasteiger partial charge is 0.157 e. The molecule has 0 aromatic carbocycles. The lowest BCUT2D eigenvalue weighted by Crippen LogP contribution is -2.48. The summed E-state index contributed by atoms with van der Waals surface area (Å²) in [4.78, 5) is 4.87. The SMILES string of the molecule is CCC1(C)CCSC(=NC2CCC(OC)C2)N1. The summed E-state index contributed by atoms with van der Waals surface area (Å²) >= 11 is 1.87. The molecule has 1 saturated heterocycles. The highest BCUT2D eigenvalue weighted by molar-refractivity contribution is 8.13. The van der Waals surface area contributed by atoms with Crippen molar-refractivity contribution >= 4 is 16.9 Å². The van der Waals surface area contributed by atoms with Crippen LogP contribution in [0.1, 0.15) is 46.0 Å². The van der Waals surface area contributed by atoms with Crippen LogP contribution in [0.5, 0.6) is 0 Å². The van der Waals surface area contributed by atoms with Crippen LogP contribution in [0, 0.1) is 0 Å². The molecule has 3 unspecified atom stereocenters. The summed E-state index contributed by atoms with van der Waals surface area (Å²) in [6.45, 7) is 4.55. The minimum absolute atomic E-state index is 0.253. The molecule has 1 saturated carbocycles. The summed E-state index contributed by atoms with van der Waals surface area (Å²) in [5.74, 6) is 1.19. The van der Waals surface area contributed by atoms with E-state index >= 15 is 0 Å². The van der Waals surface area contributed by atoms with Crippen LogP contribution in [0.3, 0.4) is 0 Å². The summed E-state index contributed by atoms with van der Waals surface area (Å²) in [5, 5.41) is 4.77. The molecule has 1 N–H and O–H groups in total. The van der Waals surface area contributed by atoms with E-state index in [0.717, 1.165) is 24.4 Å². The Kier molecular flexibility index (Phi) is 4.36. The van der Waals surface area contributed by atoms with E-state index < -0.39 is 0 Å². The van der Waals surface area contributed by atoms with Crippen molar-refractivity contribution < 1.29 is 4.74 Å². The standard InChI is InChI=1S/C13H24N2OS/c1-4-13(2)7-8-17-12(15-13)14-10-5-6-11(9-10)16-3/h10-11H,4-9H2,1-3H3,(H,14,15). The molecule has 2 aliphatic rings. The highest BCUT2D eigenvalue weighted by Gasteiger charge is 2.29. The first-order valence-electron chi connectivity index (χ1n) is 6.67. The third kappa shape index (κ3) is 3.38. The van der Waals surface area contributed by atoms with Gasteiger partial charge in [-0.05, 0) is 39.0 Å². The molecule has 4 heteroatoms. The monoisotopic (exact) mass is 256 g/mol. The van der Waals surface area contributed by atoms with Crippen LogP contribution in [-0.4, -0.2) is 35.7 Å². The largest absolute Gasteiger partial charge is 0.381 e. The fraction of sp³-hybridized carbons (Fsp3) is 0.923. The van der Waals surface area contributed by atoms with Gasteiger partial charge in [-0.1, -0.05) is 18.7 Å². The minimum Gasteiger partial charge on any atom is -0.381 e. The maximum atomic E-state index is 5.40. The molecule has 98 valence electrons. The van der Waals surface area contributed by atoms with Crippen molar-refractivity contribution in [2.45, 2.75) is 63.6 Å². The van der Waals surface area contributed by atoms with Crippen LogP contribution >= 0.6 is 11.8 Å². The van der Waals surface area contributed by atoms with Crippen molar-refractivity contribution in [1.29, 1.82) is 0 Å². The summed E-state index contributed by atoms with van der Waals surface area (Å²) in [5.41, 5.74) is 0.253. The summed E-state index contributed by atoms with van der Waals surface area (Å²) in [7, 11) is 1.81. The van der Waals surface area contributed by atoms with Gasteiger partial charge in [0.1, 0.15) is 0 Å². The van der Waals surface area contributed by atoms with Crippen LogP contribution < -0.4 is 5.32 Å². The van der Waals surface area contributed by atoms with Gasteiger partial charge >= 0.3 is 0 Å². The van der Waals surface area contributed by atoms with Gasteiger partial charge in [0.05, 0.1) is 12.1 Å². The Bertz CT molecular complexity index is 295. The summed E-state index contributed by atoms with van der Waals surface area (Å²) in [6, 6.07) is 0.467. The van der Waals surface area contributed by atoms with Crippen LogP contribution in [0.15, 0.2) is 4.99 Å². The lowest BCUT2D eigenvalue weighted by Gasteiger charge is -2.35. The van der Waals surface area contributed by atoms with Gasteiger partial charge in [0.25, 0.3) is 0 Å². The minimum atomic E-state index is 0.253. The van der Waals surface area contributed by atoms with Crippen molar-refractivity contribution in [3.63, 3.8) is 0 Å². The molecule has 1 aliphatic heterocycles. The van der Waals surface area contributed by atoms with Crippen LogP contribution in [0.25, 0.3) is 0 Å². The zero-order chi connectivity index (χ0) is 12.3. The molecular weight excluding hydrogens is 232 g/mol. The normalized spacial score (nSPS) is 40.5. The van der Waals surface area contributed by atoms with Gasteiger partial charge in [0, 0.05) is 18.4 Å². The maximum absolute atomic E-state index is 5.40. The molecule has 0 radical (unpaired) electrons. The lowest BCUT2D eigenvalue weighted by molar-refractivity contribution is 0.108. The number of nitrogens with zero attached hydrogens (tertiary/aromatic N) is 1. The number of thioether (sulfide) groups is 1. The fourth-order valence-electron chi connectivity index (χ4n) is 2.48. The number of rotatable bonds is 3. The molecule has 0 spiro atoms. The average Bonchev–Trinajstić information content (AvgIpc) is 2.77. The van der Waals surface area contributed by atoms with E-state index in [4.69, 9.17) is 9.73 Å². The van der Waals surface area contributed by atoms with Crippen molar-refractivity contribution in [2.24, 2.45) is 4.99 Å². The van der Waals surface area contributed by atoms with Gasteiger partial charge in [0.2, 0.25) is 0 Å². The number of nitrogens with one attached hydrogen (secondary N) is 1. The highest BCUT2D eigenvalue weighted by atomic mass is 32.2. The lowest BCUT2D eigenvalue weighted by atomic mass is 9.96. The third-order valence-corrected chi connectivity index (χ3v) is 4.96. The van der Waals surface area contributed by atoms with E-state index in [9.17, 15) is 0 Å². The van der Waals surface area contributed by atoms with Gasteiger partial charge in [0.15, 0.2) is 5.17 Å². The van der Waals surface area contributed by atoms with Gasteiger partial charge < -0.3 is 10.1 Å². The number of amidine groups is 1. The molecule has 0 amide bonds. The van der Waals surface area contributed by atoms with Crippen molar-refractivity contribution in [2.75, 3.05) is 12.9 Å². The zero-order valence-electron chi connectivity index (χ0n) is 11.2. The molecule has 1 aliphatic carbocycles. The molecule has 0 aromatic heterocycles. The summed E-state index contributed by atoms with van der Waals surface area (Å²) < 4.78 is 5.40. The Hall–Kier alpha value is -0.220. The molecule has 2 rings (SSSR count). The molecule has 1 heterocycles. The van der Waals surface area contributed by atoms with Gasteiger partial charge in [-0.2, -0.15) is 0 Å². The van der Waals surface area contributed by atoms with Crippen molar-refractivity contribution in [1.82, 2.24) is 5.32 Å². The molecule has 0 aromatic rings. The van der Waals surface area contributed by atoms with E-state index in [0.29, 0.717) is 12.1 Å². The Morgan fingerprint density at radius 1 is 1.53 bits per heavy atom. The topological polar surface area (TPSA) is 33.6 Å². The third-order valence-electron chi connectivity index (χ3n) is 4.07. The van der Waals surface area contributed by atoms with Gasteiger partial charge in [-0.3, -0.25) is 4.99 Å². The number of hydrogen-bond acceptors (Lipinski definition) is 3. The number of hydrogen-bond donors (Lipinski definition) is 1. The van der Waals surface area contributed by atoms with E-state index in [1.54, 1.807) is 0 Å². The molecular formula is C13H24N2OS. The molecule has 3 atom stereocenters. The second kappa shape index (κ2) is 5.61. The number of methoxy groups -OCH3 is 1. The van der Waals surface area contributed by atoms with Crippen molar-refractivity contribution in [3.05, 3.63) is 0 Å². The predicted octanol–water partition coefficient (Wildman–Crippen LogP) is 2.81. The Morgan fingerprint density at radius 2 is 2.35 bits per heavy atom. The molecule has 0 bridgehead atoms. The van der Waals surface area contributed by atoms with E-state index in [-0.39, 0.29) is 5.54 Å². The maximum Gasteiger partial charge on any atom is 0.157 e. The van der Waals surface area contributed by atoms with Crippen molar-refractivity contribution in [3.8, 4) is 0 Å². The van der Waals surface area contributed by atoms with E-state index in [2.05, 4.69) is 19.2 Å². The molecule has 3 nitrogen and oxygen atoms in total. The summed E-state index contributed by atoms with van der Waals surface area (Å²) in [6.07, 6.45) is 6.25. The Morgan fingerprint density at radius 3 is 3.00 bits per heavy atom. The van der Waals surface area contributed by atoms with Crippen LogP contribution in [0.2, 0.25) is 0 Å². The zero-order valence-corrected chi connectivity index (χ0v) is 12.0. The van der Waals surface area contributed by atoms with E-state index in [1.807, 2.05) is 18.9 Å². The van der Waals surface area contributed by atoms with Gasteiger partial charge in [-0.15, -0.1) is 0 Å². The highest BCUT2D eigenvalue weighted by Crippen LogP contribution is 2.28.